The molecule has 2 rings (SSSR count). The van der Waals surface area contributed by atoms with Crippen LogP contribution in [0.15, 0.2) is 35.5 Å². The standard InChI is InChI=1S/C11H8ClNO2S/c12-9-5-13-11(16-6-10(14)15)8-4-2-1-3-7(8)9/h1-5H,6H2,(H,14,15). The van der Waals surface area contributed by atoms with Crippen molar-refractivity contribution in [1.82, 2.24) is 4.98 Å². The van der Waals surface area contributed by atoms with Gasteiger partial charge in [0.05, 0.1) is 10.8 Å². The van der Waals surface area contributed by atoms with Gasteiger partial charge in [-0.1, -0.05) is 47.6 Å². The Labute approximate surface area is 101 Å². The van der Waals surface area contributed by atoms with Crippen molar-refractivity contribution in [1.29, 1.82) is 0 Å². The SMILES string of the molecule is O=C(O)CSc1ncc(Cl)c2ccccc12. The molecule has 1 aromatic heterocycles. The molecule has 1 aromatic carbocycles. The quantitative estimate of drug-likeness (QED) is 0.854. The molecule has 2 aromatic rings. The van der Waals surface area contributed by atoms with Gasteiger partial charge in [-0.05, 0) is 0 Å². The van der Waals surface area contributed by atoms with Crippen LogP contribution in [0.1, 0.15) is 0 Å². The summed E-state index contributed by atoms with van der Waals surface area (Å²) in [4.78, 5) is 14.6. The van der Waals surface area contributed by atoms with Crippen LogP contribution in [-0.2, 0) is 4.79 Å². The minimum absolute atomic E-state index is 0.00136. The molecule has 1 heterocycles. The molecule has 0 bridgehead atoms. The first-order chi connectivity index (χ1) is 7.68. The number of hydrogen-bond acceptors (Lipinski definition) is 3. The molecule has 3 nitrogen and oxygen atoms in total. The van der Waals surface area contributed by atoms with Crippen LogP contribution in [0.2, 0.25) is 5.02 Å². The number of aliphatic carboxylic acids is 1. The molecule has 0 aliphatic rings. The Morgan fingerprint density at radius 3 is 2.75 bits per heavy atom. The second-order valence-corrected chi connectivity index (χ2v) is 4.51. The Kier molecular flexibility index (Phi) is 3.31. The van der Waals surface area contributed by atoms with Crippen molar-refractivity contribution in [2.75, 3.05) is 5.75 Å². The number of hydrogen-bond donors (Lipinski definition) is 1. The molecule has 0 aliphatic heterocycles. The Hall–Kier alpha value is -1.26. The Morgan fingerprint density at radius 1 is 1.38 bits per heavy atom. The van der Waals surface area contributed by atoms with Gasteiger partial charge < -0.3 is 5.11 Å². The smallest absolute Gasteiger partial charge is 0.313 e. The summed E-state index contributed by atoms with van der Waals surface area (Å²) in [7, 11) is 0. The highest BCUT2D eigenvalue weighted by Crippen LogP contribution is 2.29. The summed E-state index contributed by atoms with van der Waals surface area (Å²) >= 11 is 7.20. The Bertz CT molecular complexity index is 544. The zero-order chi connectivity index (χ0) is 11.5. The Morgan fingerprint density at radius 2 is 2.06 bits per heavy atom. The maximum absolute atomic E-state index is 10.5. The van der Waals surface area contributed by atoms with E-state index < -0.39 is 5.97 Å². The van der Waals surface area contributed by atoms with Crippen LogP contribution in [-0.4, -0.2) is 21.8 Å². The third-order valence-corrected chi connectivity index (χ3v) is 3.33. The summed E-state index contributed by atoms with van der Waals surface area (Å²) in [6, 6.07) is 7.55. The van der Waals surface area contributed by atoms with Crippen LogP contribution in [0.4, 0.5) is 0 Å². The van der Waals surface area contributed by atoms with E-state index in [1.165, 1.54) is 11.8 Å². The van der Waals surface area contributed by atoms with Gasteiger partial charge in [-0.3, -0.25) is 4.79 Å². The predicted octanol–water partition coefficient (Wildman–Crippen LogP) is 3.06. The summed E-state index contributed by atoms with van der Waals surface area (Å²) in [6.45, 7) is 0. The zero-order valence-corrected chi connectivity index (χ0v) is 9.76. The summed E-state index contributed by atoms with van der Waals surface area (Å²) in [6.07, 6.45) is 1.55. The fraction of sp³-hybridized carbons (Fsp3) is 0.0909. The summed E-state index contributed by atoms with van der Waals surface area (Å²) < 4.78 is 0. The molecule has 1 N–H and O–H groups in total. The first kappa shape index (κ1) is 11.2. The molecule has 0 aliphatic carbocycles. The van der Waals surface area contributed by atoms with Crippen LogP contribution in [0.25, 0.3) is 10.8 Å². The van der Waals surface area contributed by atoms with Crippen molar-refractivity contribution in [3.05, 3.63) is 35.5 Å². The first-order valence-electron chi connectivity index (χ1n) is 4.56. The van der Waals surface area contributed by atoms with Gasteiger partial charge in [0.1, 0.15) is 5.03 Å². The fourth-order valence-corrected chi connectivity index (χ4v) is 2.31. The van der Waals surface area contributed by atoms with E-state index in [1.54, 1.807) is 6.20 Å². The molecule has 0 atom stereocenters. The molecule has 0 fully saturated rings. The maximum atomic E-state index is 10.5. The monoisotopic (exact) mass is 253 g/mol. The normalized spacial score (nSPS) is 10.6. The topological polar surface area (TPSA) is 50.2 Å². The van der Waals surface area contributed by atoms with Gasteiger partial charge in [0.25, 0.3) is 0 Å². The van der Waals surface area contributed by atoms with Crippen LogP contribution >= 0.6 is 23.4 Å². The third-order valence-electron chi connectivity index (χ3n) is 2.04. The van der Waals surface area contributed by atoms with Crippen molar-refractivity contribution >= 4 is 40.1 Å². The number of benzene rings is 1. The molecule has 16 heavy (non-hydrogen) atoms. The lowest BCUT2D eigenvalue weighted by Crippen LogP contribution is -1.98. The second kappa shape index (κ2) is 4.72. The zero-order valence-electron chi connectivity index (χ0n) is 8.18. The van der Waals surface area contributed by atoms with Gasteiger partial charge >= 0.3 is 5.97 Å². The molecule has 0 amide bonds. The average molecular weight is 254 g/mol. The lowest BCUT2D eigenvalue weighted by Gasteiger charge is -2.05. The van der Waals surface area contributed by atoms with E-state index in [1.807, 2.05) is 24.3 Å². The van der Waals surface area contributed by atoms with Crippen molar-refractivity contribution in [2.24, 2.45) is 0 Å². The number of carboxylic acids is 1. The van der Waals surface area contributed by atoms with Gasteiger partial charge in [-0.15, -0.1) is 0 Å². The van der Waals surface area contributed by atoms with E-state index in [9.17, 15) is 4.79 Å². The van der Waals surface area contributed by atoms with E-state index in [-0.39, 0.29) is 5.75 Å². The second-order valence-electron chi connectivity index (χ2n) is 3.14. The summed E-state index contributed by atoms with van der Waals surface area (Å²) in [5.41, 5.74) is 0. The van der Waals surface area contributed by atoms with Crippen molar-refractivity contribution in [2.45, 2.75) is 5.03 Å². The molecule has 0 saturated heterocycles. The van der Waals surface area contributed by atoms with E-state index in [0.29, 0.717) is 10.0 Å². The van der Waals surface area contributed by atoms with Gasteiger partial charge in [0, 0.05) is 17.0 Å². The number of fused-ring (bicyclic) bond motifs is 1. The van der Waals surface area contributed by atoms with E-state index in [4.69, 9.17) is 16.7 Å². The van der Waals surface area contributed by atoms with E-state index in [2.05, 4.69) is 4.98 Å². The van der Waals surface area contributed by atoms with E-state index in [0.717, 1.165) is 10.8 Å². The molecule has 0 radical (unpaired) electrons. The molecule has 0 unspecified atom stereocenters. The first-order valence-corrected chi connectivity index (χ1v) is 5.92. The fourth-order valence-electron chi connectivity index (χ4n) is 1.38. The van der Waals surface area contributed by atoms with Gasteiger partial charge in [0.2, 0.25) is 0 Å². The number of rotatable bonds is 3. The van der Waals surface area contributed by atoms with Gasteiger partial charge in [0.15, 0.2) is 0 Å². The largest absolute Gasteiger partial charge is 0.481 e. The summed E-state index contributed by atoms with van der Waals surface area (Å²) in [5, 5.41) is 11.7. The van der Waals surface area contributed by atoms with Crippen LogP contribution in [0.3, 0.4) is 0 Å². The van der Waals surface area contributed by atoms with Gasteiger partial charge in [-0.2, -0.15) is 0 Å². The highest BCUT2D eigenvalue weighted by molar-refractivity contribution is 8.00. The summed E-state index contributed by atoms with van der Waals surface area (Å²) in [5.74, 6) is -0.857. The number of aromatic nitrogens is 1. The number of carboxylic acid groups (broad SMARTS) is 1. The van der Waals surface area contributed by atoms with E-state index >= 15 is 0 Å². The highest BCUT2D eigenvalue weighted by Gasteiger charge is 2.07. The number of pyridine rings is 1. The minimum Gasteiger partial charge on any atom is -0.481 e. The number of halogens is 1. The molecular formula is C11H8ClNO2S. The molecule has 82 valence electrons. The predicted molar refractivity (Wildman–Crippen MR) is 65.1 cm³/mol. The highest BCUT2D eigenvalue weighted by atomic mass is 35.5. The van der Waals surface area contributed by atoms with Crippen LogP contribution in [0, 0.1) is 0 Å². The lowest BCUT2D eigenvalue weighted by molar-refractivity contribution is -0.133. The molecule has 5 heteroatoms. The average Bonchev–Trinajstić information content (AvgIpc) is 2.28. The third kappa shape index (κ3) is 2.28. The van der Waals surface area contributed by atoms with Crippen molar-refractivity contribution in [3.63, 3.8) is 0 Å². The number of thioether (sulfide) groups is 1. The number of nitrogens with zero attached hydrogens (tertiary/aromatic N) is 1. The molecular weight excluding hydrogens is 246 g/mol. The lowest BCUT2D eigenvalue weighted by atomic mass is 10.2. The van der Waals surface area contributed by atoms with Crippen LogP contribution in [0.5, 0.6) is 0 Å². The van der Waals surface area contributed by atoms with Crippen LogP contribution < -0.4 is 0 Å². The molecule has 0 spiro atoms. The maximum Gasteiger partial charge on any atom is 0.313 e. The molecule has 0 saturated carbocycles. The van der Waals surface area contributed by atoms with Gasteiger partial charge in [-0.25, -0.2) is 4.98 Å². The number of carbonyl (C=O) groups is 1. The Balaban J connectivity index is 2.46. The van der Waals surface area contributed by atoms with Crippen molar-refractivity contribution < 1.29 is 9.90 Å². The minimum atomic E-state index is -0.856. The van der Waals surface area contributed by atoms with Crippen molar-refractivity contribution in [3.8, 4) is 0 Å².